The van der Waals surface area contributed by atoms with Crippen molar-refractivity contribution in [2.75, 3.05) is 26.1 Å². The van der Waals surface area contributed by atoms with Gasteiger partial charge < -0.3 is 14.8 Å². The van der Waals surface area contributed by atoms with Gasteiger partial charge in [-0.2, -0.15) is 4.98 Å². The lowest BCUT2D eigenvalue weighted by atomic mass is 10.4. The molecular formula is C10H14N4O4. The van der Waals surface area contributed by atoms with Gasteiger partial charge in [0.25, 0.3) is 5.88 Å². The quantitative estimate of drug-likeness (QED) is 0.442. The molecule has 0 aliphatic carbocycles. The third-order valence-electron chi connectivity index (χ3n) is 1.96. The summed E-state index contributed by atoms with van der Waals surface area (Å²) in [4.78, 5) is 18.3. The van der Waals surface area contributed by atoms with Crippen molar-refractivity contribution in [1.29, 1.82) is 0 Å². The Kier molecular flexibility index (Phi) is 5.00. The number of ether oxygens (including phenoxy) is 2. The van der Waals surface area contributed by atoms with Crippen LogP contribution in [0.3, 0.4) is 0 Å². The van der Waals surface area contributed by atoms with Crippen LogP contribution < -0.4 is 10.1 Å². The average molecular weight is 254 g/mol. The number of nitro groups is 1. The molecule has 1 N–H and O–H groups in total. The van der Waals surface area contributed by atoms with Gasteiger partial charge in [0.2, 0.25) is 5.82 Å². The summed E-state index contributed by atoms with van der Waals surface area (Å²) in [7, 11) is 2.79. The summed E-state index contributed by atoms with van der Waals surface area (Å²) in [5.74, 6) is 0.277. The van der Waals surface area contributed by atoms with Crippen LogP contribution in [0.1, 0.15) is 5.82 Å². The monoisotopic (exact) mass is 254 g/mol. The maximum atomic E-state index is 11.0. The molecule has 0 fully saturated rings. The highest BCUT2D eigenvalue weighted by atomic mass is 16.6. The fourth-order valence-electron chi connectivity index (χ4n) is 1.27. The molecule has 0 spiro atoms. The summed E-state index contributed by atoms with van der Waals surface area (Å²) in [5, 5.41) is 13.8. The van der Waals surface area contributed by atoms with Gasteiger partial charge in [-0.05, 0) is 0 Å². The summed E-state index contributed by atoms with van der Waals surface area (Å²) in [6.07, 6.45) is 1.56. The van der Waals surface area contributed by atoms with Crippen LogP contribution in [0.5, 0.6) is 5.88 Å². The minimum absolute atomic E-state index is 0.0822. The fourth-order valence-corrected chi connectivity index (χ4v) is 1.27. The second-order valence-corrected chi connectivity index (χ2v) is 3.21. The molecule has 0 aromatic carbocycles. The van der Waals surface area contributed by atoms with Crippen molar-refractivity contribution < 1.29 is 14.4 Å². The molecule has 1 heterocycles. The SMILES string of the molecule is C=CCNc1nc(COC)nc(OC)c1[N+](=O)[O-]. The first-order valence-corrected chi connectivity index (χ1v) is 5.07. The van der Waals surface area contributed by atoms with E-state index in [1.54, 1.807) is 6.08 Å². The summed E-state index contributed by atoms with van der Waals surface area (Å²) in [6, 6.07) is 0. The van der Waals surface area contributed by atoms with Crippen LogP contribution in [-0.2, 0) is 11.3 Å². The summed E-state index contributed by atoms with van der Waals surface area (Å²) >= 11 is 0. The molecule has 1 rings (SSSR count). The van der Waals surface area contributed by atoms with Gasteiger partial charge in [-0.15, -0.1) is 6.58 Å². The number of nitrogens with one attached hydrogen (secondary N) is 1. The van der Waals surface area contributed by atoms with Crippen molar-refractivity contribution in [3.63, 3.8) is 0 Å². The lowest BCUT2D eigenvalue weighted by Gasteiger charge is -2.08. The first-order valence-electron chi connectivity index (χ1n) is 5.07. The van der Waals surface area contributed by atoms with Gasteiger partial charge in [0, 0.05) is 13.7 Å². The molecular weight excluding hydrogens is 240 g/mol. The third-order valence-corrected chi connectivity index (χ3v) is 1.96. The van der Waals surface area contributed by atoms with Gasteiger partial charge in [-0.1, -0.05) is 6.08 Å². The first-order chi connectivity index (χ1) is 8.63. The molecule has 0 bridgehead atoms. The lowest BCUT2D eigenvalue weighted by molar-refractivity contribution is -0.385. The topological polar surface area (TPSA) is 99.4 Å². The minimum atomic E-state index is -0.596. The number of hydrogen-bond donors (Lipinski definition) is 1. The zero-order valence-electron chi connectivity index (χ0n) is 10.2. The Hall–Kier alpha value is -2.22. The number of hydrogen-bond acceptors (Lipinski definition) is 7. The van der Waals surface area contributed by atoms with Crippen molar-refractivity contribution in [3.05, 3.63) is 28.6 Å². The maximum absolute atomic E-state index is 11.0. The van der Waals surface area contributed by atoms with E-state index in [0.29, 0.717) is 12.4 Å². The van der Waals surface area contributed by atoms with Crippen LogP contribution in [0.15, 0.2) is 12.7 Å². The van der Waals surface area contributed by atoms with Crippen LogP contribution in [0.4, 0.5) is 11.5 Å². The summed E-state index contributed by atoms with van der Waals surface area (Å²) in [6.45, 7) is 4.00. The Morgan fingerprint density at radius 3 is 2.72 bits per heavy atom. The highest BCUT2D eigenvalue weighted by Gasteiger charge is 2.25. The van der Waals surface area contributed by atoms with Crippen LogP contribution in [-0.4, -0.2) is 35.7 Å². The van der Waals surface area contributed by atoms with E-state index in [9.17, 15) is 10.1 Å². The number of aromatic nitrogens is 2. The normalized spacial score (nSPS) is 9.89. The number of methoxy groups -OCH3 is 2. The zero-order chi connectivity index (χ0) is 13.5. The molecule has 0 aliphatic rings. The second kappa shape index (κ2) is 6.50. The standard InChI is InChI=1S/C10H14N4O4/c1-4-5-11-9-8(14(15)16)10(18-3)13-7(12-9)6-17-2/h4H,1,5-6H2,2-3H3,(H,11,12,13). The van der Waals surface area contributed by atoms with Gasteiger partial charge in [0.15, 0.2) is 5.82 Å². The number of anilines is 1. The molecule has 8 nitrogen and oxygen atoms in total. The maximum Gasteiger partial charge on any atom is 0.372 e. The van der Waals surface area contributed by atoms with E-state index in [0.717, 1.165) is 0 Å². The Bertz CT molecular complexity index is 450. The van der Waals surface area contributed by atoms with Crippen LogP contribution in [0, 0.1) is 10.1 Å². The number of rotatable bonds is 7. The van der Waals surface area contributed by atoms with E-state index in [-0.39, 0.29) is 24.0 Å². The van der Waals surface area contributed by atoms with E-state index >= 15 is 0 Å². The summed E-state index contributed by atoms with van der Waals surface area (Å²) in [5.41, 5.74) is -0.306. The Balaban J connectivity index is 3.26. The second-order valence-electron chi connectivity index (χ2n) is 3.21. The zero-order valence-corrected chi connectivity index (χ0v) is 10.2. The van der Waals surface area contributed by atoms with Crippen molar-refractivity contribution in [3.8, 4) is 5.88 Å². The van der Waals surface area contributed by atoms with E-state index < -0.39 is 4.92 Å². The molecule has 1 aromatic heterocycles. The van der Waals surface area contributed by atoms with Gasteiger partial charge in [0.05, 0.1) is 12.0 Å². The molecule has 0 aliphatic heterocycles. The Morgan fingerprint density at radius 1 is 1.50 bits per heavy atom. The molecule has 0 saturated carbocycles. The van der Waals surface area contributed by atoms with Crippen LogP contribution >= 0.6 is 0 Å². The summed E-state index contributed by atoms with van der Waals surface area (Å²) < 4.78 is 9.79. The van der Waals surface area contributed by atoms with Crippen molar-refractivity contribution in [2.24, 2.45) is 0 Å². The van der Waals surface area contributed by atoms with Crippen molar-refractivity contribution in [1.82, 2.24) is 9.97 Å². The fraction of sp³-hybridized carbons (Fsp3) is 0.400. The molecule has 0 radical (unpaired) electrons. The largest absolute Gasteiger partial charge is 0.476 e. The van der Waals surface area contributed by atoms with Crippen LogP contribution in [0.25, 0.3) is 0 Å². The van der Waals surface area contributed by atoms with Gasteiger partial charge in [-0.3, -0.25) is 10.1 Å². The average Bonchev–Trinajstić information content (AvgIpc) is 2.35. The van der Waals surface area contributed by atoms with Crippen molar-refractivity contribution >= 4 is 11.5 Å². The molecule has 18 heavy (non-hydrogen) atoms. The predicted molar refractivity (Wildman–Crippen MR) is 64.6 cm³/mol. The smallest absolute Gasteiger partial charge is 0.372 e. The highest BCUT2D eigenvalue weighted by Crippen LogP contribution is 2.31. The van der Waals surface area contributed by atoms with Crippen LogP contribution in [0.2, 0.25) is 0 Å². The molecule has 0 atom stereocenters. The molecule has 0 saturated heterocycles. The van der Waals surface area contributed by atoms with E-state index in [1.807, 2.05) is 0 Å². The molecule has 1 aromatic rings. The van der Waals surface area contributed by atoms with Gasteiger partial charge in [0.1, 0.15) is 6.61 Å². The van der Waals surface area contributed by atoms with Gasteiger partial charge in [-0.25, -0.2) is 4.98 Å². The molecule has 0 amide bonds. The highest BCUT2D eigenvalue weighted by molar-refractivity contribution is 5.61. The molecule has 0 unspecified atom stereocenters. The lowest BCUT2D eigenvalue weighted by Crippen LogP contribution is -2.10. The van der Waals surface area contributed by atoms with E-state index in [1.165, 1.54) is 14.2 Å². The minimum Gasteiger partial charge on any atom is -0.476 e. The number of nitrogens with zero attached hydrogens (tertiary/aromatic N) is 3. The third kappa shape index (κ3) is 3.14. The predicted octanol–water partition coefficient (Wildman–Crippen LogP) is 1.14. The van der Waals surface area contributed by atoms with Crippen molar-refractivity contribution in [2.45, 2.75) is 6.61 Å². The van der Waals surface area contributed by atoms with E-state index in [4.69, 9.17) is 9.47 Å². The molecule has 98 valence electrons. The molecule has 8 heteroatoms. The Labute approximate surface area is 104 Å². The first kappa shape index (κ1) is 13.8. The Morgan fingerprint density at radius 2 is 2.22 bits per heavy atom. The van der Waals surface area contributed by atoms with Gasteiger partial charge >= 0.3 is 5.69 Å². The van der Waals surface area contributed by atoms with E-state index in [2.05, 4.69) is 21.9 Å².